The third-order valence-electron chi connectivity index (χ3n) is 3.30. The predicted molar refractivity (Wildman–Crippen MR) is 88.1 cm³/mol. The Balaban J connectivity index is 1.79. The number of fused-ring (bicyclic) bond motifs is 1. The SMILES string of the molecule is CCOc1ccccc1CNC(=O)c1cnc2sccn2c1=O. The lowest BCUT2D eigenvalue weighted by Crippen LogP contribution is -2.30. The van der Waals surface area contributed by atoms with E-state index in [-0.39, 0.29) is 17.7 Å². The van der Waals surface area contributed by atoms with Gasteiger partial charge in [-0.05, 0) is 13.0 Å². The van der Waals surface area contributed by atoms with E-state index in [1.54, 1.807) is 11.6 Å². The Morgan fingerprint density at radius 3 is 3.04 bits per heavy atom. The molecule has 0 saturated heterocycles. The maximum atomic E-state index is 12.3. The first-order chi connectivity index (χ1) is 11.2. The molecule has 0 spiro atoms. The number of nitrogens with zero attached hydrogens (tertiary/aromatic N) is 2. The van der Waals surface area contributed by atoms with Gasteiger partial charge in [0.05, 0.1) is 6.61 Å². The summed E-state index contributed by atoms with van der Waals surface area (Å²) in [6.07, 6.45) is 2.93. The molecule has 6 nitrogen and oxygen atoms in total. The molecule has 0 saturated carbocycles. The van der Waals surface area contributed by atoms with E-state index in [1.807, 2.05) is 31.2 Å². The maximum absolute atomic E-state index is 12.3. The van der Waals surface area contributed by atoms with E-state index < -0.39 is 5.91 Å². The summed E-state index contributed by atoms with van der Waals surface area (Å²) in [6, 6.07) is 7.46. The second-order valence-electron chi connectivity index (χ2n) is 4.76. The van der Waals surface area contributed by atoms with Crippen LogP contribution in [0.1, 0.15) is 22.8 Å². The molecule has 0 aliphatic heterocycles. The first kappa shape index (κ1) is 15.2. The number of hydrogen-bond acceptors (Lipinski definition) is 5. The molecule has 23 heavy (non-hydrogen) atoms. The third-order valence-corrected chi connectivity index (χ3v) is 4.07. The van der Waals surface area contributed by atoms with Crippen LogP contribution in [-0.2, 0) is 6.54 Å². The minimum absolute atomic E-state index is 0.0230. The third kappa shape index (κ3) is 3.09. The number of ether oxygens (including phenoxy) is 1. The molecule has 118 valence electrons. The fraction of sp³-hybridized carbons (Fsp3) is 0.188. The number of nitrogens with one attached hydrogen (secondary N) is 1. The predicted octanol–water partition coefficient (Wildman–Crippen LogP) is 2.08. The Morgan fingerprint density at radius 1 is 1.39 bits per heavy atom. The van der Waals surface area contributed by atoms with Crippen LogP contribution in [0.2, 0.25) is 0 Å². The van der Waals surface area contributed by atoms with E-state index in [0.717, 1.165) is 11.3 Å². The highest BCUT2D eigenvalue weighted by Gasteiger charge is 2.14. The van der Waals surface area contributed by atoms with Gasteiger partial charge in [-0.2, -0.15) is 0 Å². The van der Waals surface area contributed by atoms with Crippen molar-refractivity contribution >= 4 is 22.2 Å². The van der Waals surface area contributed by atoms with Crippen molar-refractivity contribution in [3.8, 4) is 5.75 Å². The molecule has 0 bridgehead atoms. The van der Waals surface area contributed by atoms with Crippen LogP contribution in [0.15, 0.2) is 46.8 Å². The van der Waals surface area contributed by atoms with Gasteiger partial charge in [-0.3, -0.25) is 14.0 Å². The minimum atomic E-state index is -0.450. The lowest BCUT2D eigenvalue weighted by molar-refractivity contribution is 0.0948. The van der Waals surface area contributed by atoms with Crippen LogP contribution in [0, 0.1) is 0 Å². The van der Waals surface area contributed by atoms with Crippen LogP contribution >= 0.6 is 11.3 Å². The van der Waals surface area contributed by atoms with Crippen molar-refractivity contribution in [2.24, 2.45) is 0 Å². The number of para-hydroxylation sites is 1. The van der Waals surface area contributed by atoms with Crippen LogP contribution in [0.5, 0.6) is 5.75 Å². The highest BCUT2D eigenvalue weighted by Crippen LogP contribution is 2.17. The molecule has 3 aromatic rings. The highest BCUT2D eigenvalue weighted by molar-refractivity contribution is 7.15. The van der Waals surface area contributed by atoms with Crippen molar-refractivity contribution in [3.63, 3.8) is 0 Å². The van der Waals surface area contributed by atoms with E-state index in [2.05, 4.69) is 10.3 Å². The zero-order valence-electron chi connectivity index (χ0n) is 12.5. The second kappa shape index (κ2) is 6.62. The molecule has 0 unspecified atom stereocenters. The van der Waals surface area contributed by atoms with Crippen molar-refractivity contribution in [2.45, 2.75) is 13.5 Å². The summed E-state index contributed by atoms with van der Waals surface area (Å²) in [5, 5.41) is 4.50. The Kier molecular flexibility index (Phi) is 4.38. The number of amides is 1. The monoisotopic (exact) mass is 329 g/mol. The lowest BCUT2D eigenvalue weighted by atomic mass is 10.2. The maximum Gasteiger partial charge on any atom is 0.271 e. The van der Waals surface area contributed by atoms with Gasteiger partial charge in [-0.1, -0.05) is 18.2 Å². The van der Waals surface area contributed by atoms with Gasteiger partial charge in [-0.15, -0.1) is 11.3 Å². The van der Waals surface area contributed by atoms with Crippen LogP contribution in [0.25, 0.3) is 4.96 Å². The van der Waals surface area contributed by atoms with Gasteiger partial charge in [0, 0.05) is 29.9 Å². The van der Waals surface area contributed by atoms with Gasteiger partial charge in [0.2, 0.25) is 0 Å². The summed E-state index contributed by atoms with van der Waals surface area (Å²) in [6.45, 7) is 2.73. The summed E-state index contributed by atoms with van der Waals surface area (Å²) in [5.74, 6) is 0.271. The summed E-state index contributed by atoms with van der Waals surface area (Å²) in [7, 11) is 0. The first-order valence-corrected chi connectivity index (χ1v) is 8.02. The molecular weight excluding hydrogens is 314 g/mol. The first-order valence-electron chi connectivity index (χ1n) is 7.14. The van der Waals surface area contributed by atoms with Crippen molar-refractivity contribution in [2.75, 3.05) is 6.61 Å². The van der Waals surface area contributed by atoms with Crippen LogP contribution in [-0.4, -0.2) is 21.9 Å². The number of thiazole rings is 1. The summed E-state index contributed by atoms with van der Waals surface area (Å²) < 4.78 is 6.89. The van der Waals surface area contributed by atoms with Crippen LogP contribution < -0.4 is 15.6 Å². The Labute approximate surface area is 136 Å². The zero-order chi connectivity index (χ0) is 16.2. The van der Waals surface area contributed by atoms with Gasteiger partial charge in [-0.25, -0.2) is 4.98 Å². The molecule has 0 aliphatic carbocycles. The number of rotatable bonds is 5. The molecule has 2 heterocycles. The molecule has 3 rings (SSSR count). The fourth-order valence-corrected chi connectivity index (χ4v) is 2.87. The number of benzene rings is 1. The summed E-state index contributed by atoms with van der Waals surface area (Å²) in [4.78, 5) is 29.2. The normalized spacial score (nSPS) is 10.7. The molecule has 0 radical (unpaired) electrons. The summed E-state index contributed by atoms with van der Waals surface area (Å²) in [5.41, 5.74) is 0.508. The standard InChI is InChI=1S/C16H15N3O3S/c1-2-22-13-6-4-3-5-11(13)9-17-14(20)12-10-18-16-19(15(12)21)7-8-23-16/h3-8,10H,2,9H2,1H3,(H,17,20). The number of aromatic nitrogens is 2. The lowest BCUT2D eigenvalue weighted by Gasteiger charge is -2.10. The Morgan fingerprint density at radius 2 is 2.22 bits per heavy atom. The van der Waals surface area contributed by atoms with Gasteiger partial charge in [0.1, 0.15) is 11.3 Å². The summed E-state index contributed by atoms with van der Waals surface area (Å²) >= 11 is 1.34. The van der Waals surface area contributed by atoms with E-state index in [4.69, 9.17) is 4.74 Å². The van der Waals surface area contributed by atoms with Crippen molar-refractivity contribution in [1.29, 1.82) is 0 Å². The number of carbonyl (C=O) groups is 1. The molecule has 7 heteroatoms. The molecule has 0 fully saturated rings. The number of carbonyl (C=O) groups excluding carboxylic acids is 1. The van der Waals surface area contributed by atoms with Crippen molar-refractivity contribution in [3.05, 3.63) is 63.5 Å². The van der Waals surface area contributed by atoms with E-state index >= 15 is 0 Å². The average Bonchev–Trinajstić information content (AvgIpc) is 3.04. The van der Waals surface area contributed by atoms with Gasteiger partial charge in [0.25, 0.3) is 11.5 Å². The molecule has 1 N–H and O–H groups in total. The van der Waals surface area contributed by atoms with Gasteiger partial charge in [0.15, 0.2) is 4.96 Å². The molecule has 1 amide bonds. The molecule has 0 atom stereocenters. The van der Waals surface area contributed by atoms with Gasteiger partial charge >= 0.3 is 0 Å². The second-order valence-corrected chi connectivity index (χ2v) is 5.63. The minimum Gasteiger partial charge on any atom is -0.494 e. The van der Waals surface area contributed by atoms with E-state index in [9.17, 15) is 9.59 Å². The Hall–Kier alpha value is -2.67. The average molecular weight is 329 g/mol. The smallest absolute Gasteiger partial charge is 0.271 e. The van der Waals surface area contributed by atoms with Crippen molar-refractivity contribution < 1.29 is 9.53 Å². The fourth-order valence-electron chi connectivity index (χ4n) is 2.20. The van der Waals surface area contributed by atoms with Crippen LogP contribution in [0.3, 0.4) is 0 Å². The molecule has 2 aromatic heterocycles. The van der Waals surface area contributed by atoms with Gasteiger partial charge < -0.3 is 10.1 Å². The molecule has 0 aliphatic rings. The highest BCUT2D eigenvalue weighted by atomic mass is 32.1. The zero-order valence-corrected chi connectivity index (χ0v) is 13.3. The molecular formula is C16H15N3O3S. The van der Waals surface area contributed by atoms with Crippen LogP contribution in [0.4, 0.5) is 0 Å². The van der Waals surface area contributed by atoms with E-state index in [0.29, 0.717) is 11.6 Å². The largest absolute Gasteiger partial charge is 0.494 e. The Bertz CT molecular complexity index is 901. The van der Waals surface area contributed by atoms with Crippen molar-refractivity contribution in [1.82, 2.24) is 14.7 Å². The van der Waals surface area contributed by atoms with E-state index in [1.165, 1.54) is 21.9 Å². The topological polar surface area (TPSA) is 72.7 Å². The molecule has 1 aromatic carbocycles. The number of hydrogen-bond donors (Lipinski definition) is 1. The quantitative estimate of drug-likeness (QED) is 0.778.